The maximum absolute atomic E-state index is 13.3. The van der Waals surface area contributed by atoms with Gasteiger partial charge in [0.05, 0.1) is 18.4 Å². The molecule has 2 aromatic carbocycles. The van der Waals surface area contributed by atoms with Gasteiger partial charge >= 0.3 is 0 Å². The number of amides is 3. The fourth-order valence-electron chi connectivity index (χ4n) is 3.99. The molecule has 6 heteroatoms. The molecule has 1 aliphatic heterocycles. The first-order valence-electron chi connectivity index (χ1n) is 9.60. The summed E-state index contributed by atoms with van der Waals surface area (Å²) in [4.78, 5) is 39.7. The van der Waals surface area contributed by atoms with Crippen molar-refractivity contribution in [1.82, 2.24) is 10.0 Å². The number of hydrogen-bond donors (Lipinski definition) is 0. The Morgan fingerprint density at radius 2 is 1.69 bits per heavy atom. The molecule has 0 spiro atoms. The van der Waals surface area contributed by atoms with Crippen LogP contribution in [0.1, 0.15) is 35.7 Å². The summed E-state index contributed by atoms with van der Waals surface area (Å²) in [5.74, 6) is -1.81. The Hall–Kier alpha value is -2.92. The van der Waals surface area contributed by atoms with E-state index in [1.807, 2.05) is 43.3 Å². The second-order valence-corrected chi connectivity index (χ2v) is 7.98. The summed E-state index contributed by atoms with van der Waals surface area (Å²) >= 11 is 5.95. The summed E-state index contributed by atoms with van der Waals surface area (Å²) in [6.07, 6.45) is 3.10. The van der Waals surface area contributed by atoms with Crippen molar-refractivity contribution in [3.8, 4) is 0 Å². The second kappa shape index (κ2) is 7.84. The maximum Gasteiger partial charge on any atom is 0.273 e. The fraction of sp³-hybridized carbons (Fsp3) is 0.261. The maximum atomic E-state index is 13.3. The van der Waals surface area contributed by atoms with Crippen LogP contribution in [0.2, 0.25) is 5.02 Å². The van der Waals surface area contributed by atoms with Crippen LogP contribution >= 0.6 is 11.6 Å². The van der Waals surface area contributed by atoms with Gasteiger partial charge in [-0.25, -0.2) is 5.01 Å². The summed E-state index contributed by atoms with van der Waals surface area (Å²) in [6, 6.07) is 15.8. The van der Waals surface area contributed by atoms with Crippen LogP contribution in [0, 0.1) is 11.8 Å². The Bertz CT molecular complexity index is 985. The molecule has 5 nitrogen and oxygen atoms in total. The van der Waals surface area contributed by atoms with E-state index in [2.05, 4.69) is 0 Å². The molecule has 2 aromatic rings. The second-order valence-electron chi connectivity index (χ2n) is 7.55. The highest BCUT2D eigenvalue weighted by molar-refractivity contribution is 6.30. The van der Waals surface area contributed by atoms with Crippen LogP contribution in [0.25, 0.3) is 0 Å². The number of hydrazine groups is 1. The smallest absolute Gasteiger partial charge is 0.272 e. The number of fused-ring (bicyclic) bond motifs is 1. The number of carbonyl (C=O) groups is 3. The predicted octanol–water partition coefficient (Wildman–Crippen LogP) is 4.24. The third-order valence-corrected chi connectivity index (χ3v) is 5.79. The van der Waals surface area contributed by atoms with E-state index >= 15 is 0 Å². The highest BCUT2D eigenvalue weighted by Gasteiger charge is 2.51. The lowest BCUT2D eigenvalue weighted by molar-refractivity contribution is -0.155. The molecule has 148 valence electrons. The lowest BCUT2D eigenvalue weighted by Gasteiger charge is -2.30. The highest BCUT2D eigenvalue weighted by Crippen LogP contribution is 2.39. The molecule has 1 heterocycles. The Morgan fingerprint density at radius 1 is 1.03 bits per heavy atom. The lowest BCUT2D eigenvalue weighted by Crippen LogP contribution is -2.49. The van der Waals surface area contributed by atoms with Crippen molar-refractivity contribution in [2.24, 2.45) is 11.8 Å². The topological polar surface area (TPSA) is 57.7 Å². The first kappa shape index (κ1) is 19.4. The minimum absolute atomic E-state index is 0.131. The van der Waals surface area contributed by atoms with Crippen molar-refractivity contribution in [2.75, 3.05) is 0 Å². The zero-order valence-electron chi connectivity index (χ0n) is 16.0. The Balaban J connectivity index is 1.70. The number of halogens is 1. The Morgan fingerprint density at radius 3 is 2.38 bits per heavy atom. The molecule has 2 atom stereocenters. The third-order valence-electron chi connectivity index (χ3n) is 5.54. The van der Waals surface area contributed by atoms with Crippen molar-refractivity contribution >= 4 is 29.3 Å². The van der Waals surface area contributed by atoms with E-state index in [1.165, 1.54) is 5.01 Å². The third kappa shape index (κ3) is 3.70. The van der Waals surface area contributed by atoms with E-state index in [9.17, 15) is 14.4 Å². The average molecular weight is 409 g/mol. The fourth-order valence-corrected chi connectivity index (χ4v) is 4.12. The Kier molecular flexibility index (Phi) is 5.24. The number of hydrogen-bond acceptors (Lipinski definition) is 3. The Labute approximate surface area is 174 Å². The van der Waals surface area contributed by atoms with Gasteiger partial charge in [-0.1, -0.05) is 53.6 Å². The molecular weight excluding hydrogens is 388 g/mol. The van der Waals surface area contributed by atoms with Crippen LogP contribution in [0.5, 0.6) is 0 Å². The predicted molar refractivity (Wildman–Crippen MR) is 110 cm³/mol. The zero-order chi connectivity index (χ0) is 20.5. The van der Waals surface area contributed by atoms with Crippen molar-refractivity contribution in [2.45, 2.75) is 26.3 Å². The van der Waals surface area contributed by atoms with Gasteiger partial charge in [0.25, 0.3) is 17.7 Å². The number of nitrogens with zero attached hydrogens (tertiary/aromatic N) is 2. The molecule has 0 radical (unpaired) electrons. The molecule has 2 aliphatic rings. The number of rotatable bonds is 4. The molecule has 1 saturated heterocycles. The van der Waals surface area contributed by atoms with Crippen molar-refractivity contribution in [3.05, 3.63) is 82.4 Å². The molecule has 0 saturated carbocycles. The summed E-state index contributed by atoms with van der Waals surface area (Å²) in [5.41, 5.74) is 2.31. The van der Waals surface area contributed by atoms with Gasteiger partial charge in [0.15, 0.2) is 0 Å². The number of allylic oxidation sites excluding steroid dienone is 2. The number of benzene rings is 2. The minimum atomic E-state index is -0.407. The van der Waals surface area contributed by atoms with Gasteiger partial charge < -0.3 is 0 Å². The molecule has 4 rings (SSSR count). The normalized spacial score (nSPS) is 21.0. The van der Waals surface area contributed by atoms with Gasteiger partial charge in [-0.2, -0.15) is 5.01 Å². The zero-order valence-corrected chi connectivity index (χ0v) is 16.8. The first-order valence-corrected chi connectivity index (χ1v) is 9.98. The monoisotopic (exact) mass is 408 g/mol. The lowest BCUT2D eigenvalue weighted by atomic mass is 9.82. The molecule has 1 aliphatic carbocycles. The molecule has 0 aromatic heterocycles. The van der Waals surface area contributed by atoms with E-state index in [1.54, 1.807) is 24.3 Å². The number of imide groups is 1. The van der Waals surface area contributed by atoms with Crippen molar-refractivity contribution in [3.63, 3.8) is 0 Å². The minimum Gasteiger partial charge on any atom is -0.272 e. The summed E-state index contributed by atoms with van der Waals surface area (Å²) in [7, 11) is 0. The van der Waals surface area contributed by atoms with Gasteiger partial charge in [0.2, 0.25) is 0 Å². The van der Waals surface area contributed by atoms with Crippen LogP contribution in [-0.4, -0.2) is 27.7 Å². The van der Waals surface area contributed by atoms with E-state index in [0.717, 1.165) is 16.1 Å². The quantitative estimate of drug-likeness (QED) is 0.561. The van der Waals surface area contributed by atoms with Crippen LogP contribution in [0.15, 0.2) is 66.2 Å². The van der Waals surface area contributed by atoms with E-state index in [0.29, 0.717) is 23.4 Å². The molecule has 0 N–H and O–H groups in total. The number of carbonyl (C=O) groups excluding carboxylic acids is 3. The van der Waals surface area contributed by atoms with Gasteiger partial charge in [0, 0.05) is 10.6 Å². The summed E-state index contributed by atoms with van der Waals surface area (Å²) in [5, 5.41) is 2.86. The molecule has 0 unspecified atom stereocenters. The first-order chi connectivity index (χ1) is 14.0. The highest BCUT2D eigenvalue weighted by atomic mass is 35.5. The molecule has 0 bridgehead atoms. The van der Waals surface area contributed by atoms with Gasteiger partial charge in [-0.05, 0) is 49.6 Å². The molecule has 1 fully saturated rings. The van der Waals surface area contributed by atoms with E-state index in [-0.39, 0.29) is 18.4 Å². The summed E-state index contributed by atoms with van der Waals surface area (Å²) in [6.45, 7) is 2.10. The molecular formula is C23H21ClN2O3. The van der Waals surface area contributed by atoms with E-state index < -0.39 is 17.7 Å². The average Bonchev–Trinajstić information content (AvgIpc) is 2.97. The summed E-state index contributed by atoms with van der Waals surface area (Å²) < 4.78 is 0. The standard InChI is InChI=1S/C23H21ClN2O3/c1-15-7-12-19-20(13-15)23(29)26(22(19)28)25(14-16-5-3-2-4-6-16)21(27)17-8-10-18(24)11-9-17/h2-11,19-20H,12-14H2,1H3/t19-,20-/m0/s1. The van der Waals surface area contributed by atoms with Gasteiger partial charge in [-0.15, -0.1) is 0 Å². The van der Waals surface area contributed by atoms with Crippen molar-refractivity contribution in [1.29, 1.82) is 0 Å². The van der Waals surface area contributed by atoms with Crippen LogP contribution in [-0.2, 0) is 16.1 Å². The SMILES string of the molecule is CC1=CC[C@@H]2C(=O)N(N(Cc3ccccc3)C(=O)c3ccc(Cl)cc3)C(=O)[C@H]2C1. The largest absolute Gasteiger partial charge is 0.273 e. The van der Waals surface area contributed by atoms with Gasteiger partial charge in [0.1, 0.15) is 0 Å². The molecule has 29 heavy (non-hydrogen) atoms. The molecule has 3 amide bonds. The van der Waals surface area contributed by atoms with Crippen molar-refractivity contribution < 1.29 is 14.4 Å². The van der Waals surface area contributed by atoms with Crippen LogP contribution < -0.4 is 0 Å². The van der Waals surface area contributed by atoms with Crippen LogP contribution in [0.3, 0.4) is 0 Å². The van der Waals surface area contributed by atoms with Crippen LogP contribution in [0.4, 0.5) is 0 Å². The van der Waals surface area contributed by atoms with Gasteiger partial charge in [-0.3, -0.25) is 14.4 Å². The van der Waals surface area contributed by atoms with E-state index in [4.69, 9.17) is 11.6 Å².